The van der Waals surface area contributed by atoms with E-state index in [1.54, 1.807) is 13.3 Å². The second kappa shape index (κ2) is 6.78. The van der Waals surface area contributed by atoms with Crippen LogP contribution >= 0.6 is 11.6 Å². The largest absolute Gasteiger partial charge is 0.390 e. The SMILES string of the molecule is COCc1c(-c2ccccc2Cl)noc1-c1cnn(C2CC(C)(O)C2)c1C. The molecule has 4 rings (SSSR count). The van der Waals surface area contributed by atoms with Crippen molar-refractivity contribution in [1.82, 2.24) is 14.9 Å². The standard InChI is InChI=1S/C20H22ClN3O3/c1-12-15(10-22-24(12)13-8-20(2,25)9-13)19-16(11-26-3)18(23-27-19)14-6-4-5-7-17(14)21/h4-7,10,13,25H,8-9,11H2,1-3H3. The average molecular weight is 388 g/mol. The zero-order valence-electron chi connectivity index (χ0n) is 15.6. The van der Waals surface area contributed by atoms with Gasteiger partial charge in [-0.2, -0.15) is 5.10 Å². The smallest absolute Gasteiger partial charge is 0.176 e. The number of aliphatic hydroxyl groups is 1. The molecule has 2 heterocycles. The van der Waals surface area contributed by atoms with Crippen LogP contribution in [-0.4, -0.2) is 32.8 Å². The summed E-state index contributed by atoms with van der Waals surface area (Å²) in [4.78, 5) is 0. The summed E-state index contributed by atoms with van der Waals surface area (Å²) in [7, 11) is 1.64. The molecule has 1 aromatic carbocycles. The van der Waals surface area contributed by atoms with Crippen LogP contribution in [0.25, 0.3) is 22.6 Å². The van der Waals surface area contributed by atoms with Crippen molar-refractivity contribution < 1.29 is 14.4 Å². The third-order valence-electron chi connectivity index (χ3n) is 5.19. The number of methoxy groups -OCH3 is 1. The summed E-state index contributed by atoms with van der Waals surface area (Å²) in [6.45, 7) is 4.21. The zero-order valence-corrected chi connectivity index (χ0v) is 16.3. The van der Waals surface area contributed by atoms with E-state index in [-0.39, 0.29) is 6.04 Å². The molecule has 142 valence electrons. The molecule has 1 aliphatic rings. The Kier molecular flexibility index (Phi) is 4.58. The van der Waals surface area contributed by atoms with Gasteiger partial charge in [0.15, 0.2) is 5.76 Å². The van der Waals surface area contributed by atoms with Crippen LogP contribution in [0, 0.1) is 6.92 Å². The van der Waals surface area contributed by atoms with E-state index in [2.05, 4.69) is 10.3 Å². The molecule has 0 spiro atoms. The Morgan fingerprint density at radius 2 is 2.07 bits per heavy atom. The van der Waals surface area contributed by atoms with Crippen LogP contribution in [0.15, 0.2) is 35.0 Å². The van der Waals surface area contributed by atoms with Gasteiger partial charge < -0.3 is 14.4 Å². The molecule has 0 atom stereocenters. The number of halogens is 1. The van der Waals surface area contributed by atoms with Gasteiger partial charge in [0.05, 0.1) is 40.6 Å². The predicted octanol–water partition coefficient (Wildman–Crippen LogP) is 4.40. The summed E-state index contributed by atoms with van der Waals surface area (Å²) in [5, 5.41) is 19.5. The first kappa shape index (κ1) is 18.2. The minimum atomic E-state index is -0.603. The zero-order chi connectivity index (χ0) is 19.2. The molecule has 1 fully saturated rings. The van der Waals surface area contributed by atoms with Crippen molar-refractivity contribution in [3.63, 3.8) is 0 Å². The predicted molar refractivity (Wildman–Crippen MR) is 103 cm³/mol. The molecule has 1 saturated carbocycles. The molecule has 0 unspecified atom stereocenters. The summed E-state index contributed by atoms with van der Waals surface area (Å²) in [6.07, 6.45) is 3.18. The van der Waals surface area contributed by atoms with Crippen LogP contribution < -0.4 is 0 Å². The quantitative estimate of drug-likeness (QED) is 0.702. The molecule has 1 aliphatic carbocycles. The maximum atomic E-state index is 10.0. The maximum absolute atomic E-state index is 10.0. The van der Waals surface area contributed by atoms with Crippen molar-refractivity contribution in [2.75, 3.05) is 7.11 Å². The molecule has 2 aromatic heterocycles. The number of aromatic nitrogens is 3. The lowest BCUT2D eigenvalue weighted by Gasteiger charge is -2.41. The Hall–Kier alpha value is -2.15. The summed E-state index contributed by atoms with van der Waals surface area (Å²) < 4.78 is 13.1. The number of hydrogen-bond acceptors (Lipinski definition) is 5. The van der Waals surface area contributed by atoms with Gasteiger partial charge in [0.2, 0.25) is 0 Å². The van der Waals surface area contributed by atoms with Gasteiger partial charge in [0.1, 0.15) is 5.69 Å². The summed E-state index contributed by atoms with van der Waals surface area (Å²) in [5.74, 6) is 0.640. The summed E-state index contributed by atoms with van der Waals surface area (Å²) >= 11 is 6.35. The van der Waals surface area contributed by atoms with Crippen LogP contribution in [-0.2, 0) is 11.3 Å². The lowest BCUT2D eigenvalue weighted by atomic mass is 9.77. The summed E-state index contributed by atoms with van der Waals surface area (Å²) in [6, 6.07) is 7.73. The second-order valence-electron chi connectivity index (χ2n) is 7.40. The van der Waals surface area contributed by atoms with Gasteiger partial charge in [-0.1, -0.05) is 35.0 Å². The molecule has 0 saturated heterocycles. The highest BCUT2D eigenvalue weighted by atomic mass is 35.5. The molecule has 3 aromatic rings. The molecule has 6 nitrogen and oxygen atoms in total. The van der Waals surface area contributed by atoms with Gasteiger partial charge >= 0.3 is 0 Å². The maximum Gasteiger partial charge on any atom is 0.176 e. The minimum Gasteiger partial charge on any atom is -0.390 e. The Morgan fingerprint density at radius 3 is 2.74 bits per heavy atom. The monoisotopic (exact) mass is 387 g/mol. The molecule has 0 bridgehead atoms. The fraction of sp³-hybridized carbons (Fsp3) is 0.400. The molecule has 0 radical (unpaired) electrons. The third kappa shape index (κ3) is 3.18. The van der Waals surface area contributed by atoms with Gasteiger partial charge in [-0.3, -0.25) is 4.68 Å². The Balaban J connectivity index is 1.75. The van der Waals surface area contributed by atoms with E-state index >= 15 is 0 Å². The summed E-state index contributed by atoms with van der Waals surface area (Å²) in [5.41, 5.74) is 3.58. The van der Waals surface area contributed by atoms with E-state index in [0.717, 1.165) is 22.4 Å². The van der Waals surface area contributed by atoms with Crippen LogP contribution in [0.1, 0.15) is 37.1 Å². The number of benzene rings is 1. The van der Waals surface area contributed by atoms with Crippen molar-refractivity contribution in [1.29, 1.82) is 0 Å². The topological polar surface area (TPSA) is 73.3 Å². The number of rotatable bonds is 5. The Labute approximate surface area is 162 Å². The van der Waals surface area contributed by atoms with Crippen LogP contribution in [0.3, 0.4) is 0 Å². The van der Waals surface area contributed by atoms with Crippen molar-refractivity contribution in [3.8, 4) is 22.6 Å². The lowest BCUT2D eigenvalue weighted by Crippen LogP contribution is -2.42. The first-order valence-corrected chi connectivity index (χ1v) is 9.28. The van der Waals surface area contributed by atoms with Crippen molar-refractivity contribution in [3.05, 3.63) is 46.7 Å². The van der Waals surface area contributed by atoms with Crippen LogP contribution in [0.4, 0.5) is 0 Å². The lowest BCUT2D eigenvalue weighted by molar-refractivity contribution is -0.0548. The van der Waals surface area contributed by atoms with Gasteiger partial charge in [-0.05, 0) is 32.8 Å². The van der Waals surface area contributed by atoms with Crippen LogP contribution in [0.2, 0.25) is 5.02 Å². The molecule has 7 heteroatoms. The third-order valence-corrected chi connectivity index (χ3v) is 5.52. The van der Waals surface area contributed by atoms with Crippen molar-refractivity contribution >= 4 is 11.6 Å². The van der Waals surface area contributed by atoms with Crippen molar-refractivity contribution in [2.24, 2.45) is 0 Å². The van der Waals surface area contributed by atoms with E-state index in [4.69, 9.17) is 20.9 Å². The van der Waals surface area contributed by atoms with Crippen molar-refractivity contribution in [2.45, 2.75) is 44.9 Å². The van der Waals surface area contributed by atoms with Gasteiger partial charge in [-0.15, -0.1) is 0 Å². The number of ether oxygens (including phenoxy) is 1. The molecule has 0 amide bonds. The minimum absolute atomic E-state index is 0.200. The molecular formula is C20H22ClN3O3. The van der Waals surface area contributed by atoms with Crippen LogP contribution in [0.5, 0.6) is 0 Å². The number of hydrogen-bond donors (Lipinski definition) is 1. The molecule has 0 aliphatic heterocycles. The first-order chi connectivity index (χ1) is 12.9. The van der Waals surface area contributed by atoms with E-state index in [9.17, 15) is 5.11 Å². The normalized spacial score (nSPS) is 22.0. The van der Waals surface area contributed by atoms with Gasteiger partial charge in [0, 0.05) is 18.4 Å². The number of nitrogens with zero attached hydrogens (tertiary/aromatic N) is 3. The highest BCUT2D eigenvalue weighted by Gasteiger charge is 2.40. The second-order valence-corrected chi connectivity index (χ2v) is 7.81. The van der Waals surface area contributed by atoms with E-state index in [0.29, 0.717) is 35.9 Å². The van der Waals surface area contributed by atoms with E-state index in [1.165, 1.54) is 0 Å². The molecular weight excluding hydrogens is 366 g/mol. The first-order valence-electron chi connectivity index (χ1n) is 8.90. The fourth-order valence-electron chi connectivity index (χ4n) is 3.81. The molecule has 1 N–H and O–H groups in total. The Morgan fingerprint density at radius 1 is 1.33 bits per heavy atom. The average Bonchev–Trinajstić information content (AvgIpc) is 3.17. The van der Waals surface area contributed by atoms with Gasteiger partial charge in [-0.25, -0.2) is 0 Å². The molecule has 27 heavy (non-hydrogen) atoms. The Bertz CT molecular complexity index is 969. The van der Waals surface area contributed by atoms with E-state index in [1.807, 2.05) is 42.8 Å². The highest BCUT2D eigenvalue weighted by Crippen LogP contribution is 2.43. The van der Waals surface area contributed by atoms with Gasteiger partial charge in [0.25, 0.3) is 0 Å². The highest BCUT2D eigenvalue weighted by molar-refractivity contribution is 6.33. The van der Waals surface area contributed by atoms with E-state index < -0.39 is 5.60 Å². The fourth-order valence-corrected chi connectivity index (χ4v) is 4.03.